The molecule has 0 aliphatic rings. The third-order valence-electron chi connectivity index (χ3n) is 2.81. The first kappa shape index (κ1) is 13.6. The van der Waals surface area contributed by atoms with E-state index in [0.29, 0.717) is 22.6 Å². The highest BCUT2D eigenvalue weighted by molar-refractivity contribution is 7.08. The Bertz CT molecular complexity index is 592. The molecule has 100 valence electrons. The molecule has 0 atom stereocenters. The predicted molar refractivity (Wildman–Crippen MR) is 75.9 cm³/mol. The average molecular weight is 277 g/mol. The Labute approximate surface area is 115 Å². The first-order chi connectivity index (χ1) is 9.15. The average Bonchev–Trinajstić information content (AvgIpc) is 2.85. The fraction of sp³-hybridized carbons (Fsp3) is 0.214. The molecule has 0 aliphatic heterocycles. The Balaban J connectivity index is 2.20. The van der Waals surface area contributed by atoms with E-state index >= 15 is 0 Å². The number of carbonyl (C=O) groups excluding carboxylic acids is 1. The van der Waals surface area contributed by atoms with Gasteiger partial charge in [0.25, 0.3) is 5.91 Å². The van der Waals surface area contributed by atoms with Gasteiger partial charge in [0.15, 0.2) is 0 Å². The van der Waals surface area contributed by atoms with Gasteiger partial charge in [0.2, 0.25) is 0 Å². The van der Waals surface area contributed by atoms with Crippen LogP contribution >= 0.6 is 11.3 Å². The van der Waals surface area contributed by atoms with Crippen LogP contribution in [-0.2, 0) is 6.61 Å². The van der Waals surface area contributed by atoms with E-state index in [1.807, 2.05) is 17.7 Å². The van der Waals surface area contributed by atoms with E-state index < -0.39 is 0 Å². The summed E-state index contributed by atoms with van der Waals surface area (Å²) in [7, 11) is 1.54. The zero-order valence-corrected chi connectivity index (χ0v) is 11.6. The molecule has 19 heavy (non-hydrogen) atoms. The summed E-state index contributed by atoms with van der Waals surface area (Å²) in [4.78, 5) is 12.1. The van der Waals surface area contributed by atoms with Gasteiger partial charge in [-0.2, -0.15) is 11.3 Å². The summed E-state index contributed by atoms with van der Waals surface area (Å²) in [6, 6.07) is 5.18. The van der Waals surface area contributed by atoms with E-state index in [9.17, 15) is 9.90 Å². The second-order valence-electron chi connectivity index (χ2n) is 4.11. The molecule has 2 N–H and O–H groups in total. The minimum absolute atomic E-state index is 0.135. The van der Waals surface area contributed by atoms with Gasteiger partial charge in [0.05, 0.1) is 19.3 Å². The largest absolute Gasteiger partial charge is 0.496 e. The predicted octanol–water partition coefficient (Wildman–Crippen LogP) is 2.81. The Morgan fingerprint density at radius 1 is 1.42 bits per heavy atom. The van der Waals surface area contributed by atoms with Gasteiger partial charge >= 0.3 is 0 Å². The van der Waals surface area contributed by atoms with Crippen molar-refractivity contribution in [3.8, 4) is 5.75 Å². The number of aryl methyl sites for hydroxylation is 1. The van der Waals surface area contributed by atoms with Crippen LogP contribution in [0.4, 0.5) is 5.69 Å². The summed E-state index contributed by atoms with van der Waals surface area (Å²) < 4.78 is 5.12. The van der Waals surface area contributed by atoms with E-state index in [0.717, 1.165) is 5.56 Å². The number of hydrogen-bond donors (Lipinski definition) is 2. The molecule has 2 aromatic rings. The SMILES string of the molecule is COc1ccc(NC(=O)c2cscc2C)cc1CO. The second-order valence-corrected chi connectivity index (χ2v) is 4.85. The van der Waals surface area contributed by atoms with Crippen molar-refractivity contribution in [2.75, 3.05) is 12.4 Å². The van der Waals surface area contributed by atoms with Crippen molar-refractivity contribution in [2.45, 2.75) is 13.5 Å². The van der Waals surface area contributed by atoms with Gasteiger partial charge in [0.1, 0.15) is 5.75 Å². The number of anilines is 1. The first-order valence-electron chi connectivity index (χ1n) is 5.77. The Morgan fingerprint density at radius 3 is 2.79 bits per heavy atom. The van der Waals surface area contributed by atoms with Gasteiger partial charge in [-0.15, -0.1) is 0 Å². The number of aliphatic hydroxyl groups excluding tert-OH is 1. The molecular weight excluding hydrogens is 262 g/mol. The van der Waals surface area contributed by atoms with Gasteiger partial charge < -0.3 is 15.2 Å². The van der Waals surface area contributed by atoms with Crippen molar-refractivity contribution in [2.24, 2.45) is 0 Å². The summed E-state index contributed by atoms with van der Waals surface area (Å²) in [6.45, 7) is 1.77. The molecule has 1 amide bonds. The van der Waals surface area contributed by atoms with Crippen molar-refractivity contribution in [3.63, 3.8) is 0 Å². The van der Waals surface area contributed by atoms with Gasteiger partial charge in [-0.25, -0.2) is 0 Å². The minimum Gasteiger partial charge on any atom is -0.496 e. The zero-order chi connectivity index (χ0) is 13.8. The van der Waals surface area contributed by atoms with Crippen molar-refractivity contribution in [1.82, 2.24) is 0 Å². The Kier molecular flexibility index (Phi) is 4.19. The van der Waals surface area contributed by atoms with Gasteiger partial charge in [0, 0.05) is 16.6 Å². The van der Waals surface area contributed by atoms with Gasteiger partial charge in [-0.3, -0.25) is 4.79 Å². The van der Waals surface area contributed by atoms with Crippen LogP contribution in [0.25, 0.3) is 0 Å². The van der Waals surface area contributed by atoms with Crippen molar-refractivity contribution in [1.29, 1.82) is 0 Å². The molecule has 5 heteroatoms. The van der Waals surface area contributed by atoms with Gasteiger partial charge in [-0.1, -0.05) is 0 Å². The number of amides is 1. The van der Waals surface area contributed by atoms with E-state index in [1.54, 1.807) is 25.3 Å². The van der Waals surface area contributed by atoms with Crippen LogP contribution in [0, 0.1) is 6.92 Å². The molecule has 0 bridgehead atoms. The third-order valence-corrected chi connectivity index (χ3v) is 3.67. The van der Waals surface area contributed by atoms with Crippen LogP contribution in [0.5, 0.6) is 5.75 Å². The van der Waals surface area contributed by atoms with Crippen LogP contribution in [0.2, 0.25) is 0 Å². The van der Waals surface area contributed by atoms with Crippen molar-refractivity contribution in [3.05, 3.63) is 45.6 Å². The topological polar surface area (TPSA) is 58.6 Å². The molecule has 0 saturated carbocycles. The lowest BCUT2D eigenvalue weighted by Gasteiger charge is -2.10. The molecule has 1 aromatic heterocycles. The number of hydrogen-bond acceptors (Lipinski definition) is 4. The minimum atomic E-state index is -0.146. The summed E-state index contributed by atoms with van der Waals surface area (Å²) in [6.07, 6.45) is 0. The molecule has 4 nitrogen and oxygen atoms in total. The molecule has 0 fully saturated rings. The van der Waals surface area contributed by atoms with Gasteiger partial charge in [-0.05, 0) is 36.1 Å². The number of rotatable bonds is 4. The number of thiophene rings is 1. The number of benzene rings is 1. The van der Waals surface area contributed by atoms with Crippen molar-refractivity contribution < 1.29 is 14.6 Å². The number of carbonyl (C=O) groups is 1. The molecule has 2 rings (SSSR count). The summed E-state index contributed by atoms with van der Waals surface area (Å²) in [5, 5.41) is 15.8. The molecule has 0 unspecified atom stereocenters. The van der Waals surface area contributed by atoms with E-state index in [-0.39, 0.29) is 12.5 Å². The fourth-order valence-electron chi connectivity index (χ4n) is 1.77. The third kappa shape index (κ3) is 2.94. The lowest BCUT2D eigenvalue weighted by atomic mass is 10.1. The molecule has 0 saturated heterocycles. The first-order valence-corrected chi connectivity index (χ1v) is 6.72. The number of ether oxygens (including phenoxy) is 1. The second kappa shape index (κ2) is 5.86. The molecule has 0 aliphatic carbocycles. The lowest BCUT2D eigenvalue weighted by molar-refractivity contribution is 0.102. The van der Waals surface area contributed by atoms with Crippen LogP contribution in [0.15, 0.2) is 29.0 Å². The molecular formula is C14H15NO3S. The van der Waals surface area contributed by atoms with E-state index in [1.165, 1.54) is 11.3 Å². The smallest absolute Gasteiger partial charge is 0.256 e. The van der Waals surface area contributed by atoms with Crippen LogP contribution in [0.3, 0.4) is 0 Å². The highest BCUT2D eigenvalue weighted by Gasteiger charge is 2.11. The highest BCUT2D eigenvalue weighted by Crippen LogP contribution is 2.23. The van der Waals surface area contributed by atoms with E-state index in [4.69, 9.17) is 4.74 Å². The maximum Gasteiger partial charge on any atom is 0.256 e. The van der Waals surface area contributed by atoms with Crippen molar-refractivity contribution >= 4 is 22.9 Å². The Morgan fingerprint density at radius 2 is 2.21 bits per heavy atom. The summed E-state index contributed by atoms with van der Waals surface area (Å²) in [5.41, 5.74) is 2.91. The zero-order valence-electron chi connectivity index (χ0n) is 10.8. The quantitative estimate of drug-likeness (QED) is 0.903. The van der Waals surface area contributed by atoms with E-state index in [2.05, 4.69) is 5.32 Å². The number of nitrogens with one attached hydrogen (secondary N) is 1. The molecule has 0 radical (unpaired) electrons. The van der Waals surface area contributed by atoms with Crippen LogP contribution in [-0.4, -0.2) is 18.1 Å². The Hall–Kier alpha value is -1.85. The summed E-state index contributed by atoms with van der Waals surface area (Å²) >= 11 is 1.50. The van der Waals surface area contributed by atoms with Crippen LogP contribution in [0.1, 0.15) is 21.5 Å². The normalized spacial score (nSPS) is 10.3. The molecule has 1 aromatic carbocycles. The molecule has 1 heterocycles. The highest BCUT2D eigenvalue weighted by atomic mass is 32.1. The monoisotopic (exact) mass is 277 g/mol. The lowest BCUT2D eigenvalue weighted by Crippen LogP contribution is -2.12. The number of aliphatic hydroxyl groups is 1. The standard InChI is InChI=1S/C14H15NO3S/c1-9-7-19-8-12(9)14(17)15-11-3-4-13(18-2)10(5-11)6-16/h3-5,7-8,16H,6H2,1-2H3,(H,15,17). The fourth-order valence-corrected chi connectivity index (χ4v) is 2.60. The molecule has 0 spiro atoms. The van der Waals surface area contributed by atoms with Crippen LogP contribution < -0.4 is 10.1 Å². The maximum atomic E-state index is 12.1. The maximum absolute atomic E-state index is 12.1. The summed E-state index contributed by atoms with van der Waals surface area (Å²) in [5.74, 6) is 0.458. The number of methoxy groups -OCH3 is 1.